The van der Waals surface area contributed by atoms with Crippen molar-refractivity contribution in [2.24, 2.45) is 11.7 Å². The highest BCUT2D eigenvalue weighted by molar-refractivity contribution is 6.00. The number of carboxylic acids is 1. The van der Waals surface area contributed by atoms with Crippen molar-refractivity contribution >= 4 is 29.4 Å². The average molecular weight is 492 g/mol. The van der Waals surface area contributed by atoms with Crippen LogP contribution in [-0.4, -0.2) is 65.1 Å². The summed E-state index contributed by atoms with van der Waals surface area (Å²) < 4.78 is 0. The van der Waals surface area contributed by atoms with E-state index in [0.717, 1.165) is 19.0 Å². The summed E-state index contributed by atoms with van der Waals surface area (Å²) in [6, 6.07) is 1.62. The van der Waals surface area contributed by atoms with Gasteiger partial charge in [-0.25, -0.2) is 4.79 Å². The summed E-state index contributed by atoms with van der Waals surface area (Å²) in [6.45, 7) is 5.07. The van der Waals surface area contributed by atoms with Crippen LogP contribution in [0.25, 0.3) is 0 Å². The Kier molecular flexibility index (Phi) is 10.9. The van der Waals surface area contributed by atoms with Gasteiger partial charge in [0.2, 0.25) is 17.7 Å². The van der Waals surface area contributed by atoms with E-state index in [0.29, 0.717) is 38.6 Å². The van der Waals surface area contributed by atoms with Crippen molar-refractivity contribution in [3.05, 3.63) is 23.8 Å². The molecule has 1 aromatic rings. The Bertz CT molecular complexity index is 900. The molecule has 0 radical (unpaired) electrons. The van der Waals surface area contributed by atoms with Crippen LogP contribution in [0.1, 0.15) is 62.7 Å². The molecule has 8 N–H and O–H groups in total. The topological polar surface area (TPSA) is 183 Å². The maximum absolute atomic E-state index is 13.2. The molecular weight excluding hydrogens is 454 g/mol. The van der Waals surface area contributed by atoms with Crippen molar-refractivity contribution in [3.8, 4) is 5.75 Å². The number of benzene rings is 1. The molecular formula is C24H37N5O6. The van der Waals surface area contributed by atoms with Crippen LogP contribution in [0.3, 0.4) is 0 Å². The van der Waals surface area contributed by atoms with Crippen molar-refractivity contribution in [1.82, 2.24) is 16.0 Å². The van der Waals surface area contributed by atoms with Gasteiger partial charge in [0.15, 0.2) is 0 Å². The summed E-state index contributed by atoms with van der Waals surface area (Å²) in [4.78, 5) is 50.1. The van der Waals surface area contributed by atoms with E-state index in [1.165, 1.54) is 12.1 Å². The fourth-order valence-corrected chi connectivity index (χ4v) is 3.93. The zero-order valence-electron chi connectivity index (χ0n) is 20.3. The lowest BCUT2D eigenvalue weighted by Gasteiger charge is -2.25. The fraction of sp³-hybridized carbons (Fsp3) is 0.583. The number of carboxylic acid groups (broad SMARTS) is 1. The molecule has 11 heteroatoms. The lowest BCUT2D eigenvalue weighted by Crippen LogP contribution is -2.55. The number of phenols is 1. The molecule has 0 aromatic heterocycles. The number of nitrogens with two attached hydrogens (primary N) is 1. The zero-order chi connectivity index (χ0) is 26.0. The quantitative estimate of drug-likeness (QED) is 0.157. The van der Waals surface area contributed by atoms with E-state index < -0.39 is 35.6 Å². The summed E-state index contributed by atoms with van der Waals surface area (Å²) in [6.07, 6.45) is 3.55. The van der Waals surface area contributed by atoms with Gasteiger partial charge in [-0.1, -0.05) is 13.8 Å². The van der Waals surface area contributed by atoms with Crippen molar-refractivity contribution < 1.29 is 29.4 Å². The van der Waals surface area contributed by atoms with Gasteiger partial charge in [-0.3, -0.25) is 14.4 Å². The minimum atomic E-state index is -1.34. The van der Waals surface area contributed by atoms with Crippen LogP contribution in [0.15, 0.2) is 18.2 Å². The fourth-order valence-electron chi connectivity index (χ4n) is 3.93. The molecule has 1 aliphatic heterocycles. The van der Waals surface area contributed by atoms with Crippen LogP contribution < -0.4 is 27.0 Å². The van der Waals surface area contributed by atoms with E-state index in [2.05, 4.69) is 21.3 Å². The maximum Gasteiger partial charge on any atom is 0.339 e. The first-order chi connectivity index (χ1) is 16.6. The number of rotatable bonds is 13. The van der Waals surface area contributed by atoms with Gasteiger partial charge in [0.25, 0.3) is 0 Å². The van der Waals surface area contributed by atoms with E-state index >= 15 is 0 Å². The predicted molar refractivity (Wildman–Crippen MR) is 131 cm³/mol. The standard InChI is InChI=1S/C24H37N5O6/c1-14(2)12-19(29-21(31)17-7-5-11-26-17)23(33)28-18(6-3-4-10-25)22(32)27-15-8-9-20(30)16(13-15)24(34)35/h8-9,13-14,17-19,26,30H,3-7,10-12,25H2,1-2H3,(H,27,32)(H,28,33)(H,29,31)(H,34,35). The summed E-state index contributed by atoms with van der Waals surface area (Å²) in [7, 11) is 0. The second-order valence-corrected chi connectivity index (χ2v) is 9.21. The van der Waals surface area contributed by atoms with Crippen molar-refractivity contribution in [1.29, 1.82) is 0 Å². The number of aromatic carboxylic acids is 1. The molecule has 0 bridgehead atoms. The van der Waals surface area contributed by atoms with E-state index in [1.807, 2.05) is 13.8 Å². The highest BCUT2D eigenvalue weighted by atomic mass is 16.4. The van der Waals surface area contributed by atoms with Gasteiger partial charge in [-0.05, 0) is 75.7 Å². The zero-order valence-corrected chi connectivity index (χ0v) is 20.3. The molecule has 1 aromatic carbocycles. The summed E-state index contributed by atoms with van der Waals surface area (Å²) in [5.41, 5.74) is 5.39. The average Bonchev–Trinajstić information content (AvgIpc) is 3.34. The Balaban J connectivity index is 2.14. The normalized spacial score (nSPS) is 17.0. The highest BCUT2D eigenvalue weighted by Crippen LogP contribution is 2.22. The SMILES string of the molecule is CC(C)CC(NC(=O)C1CCCN1)C(=O)NC(CCCCN)C(=O)Nc1ccc(O)c(C(=O)O)c1. The number of nitrogens with one attached hydrogen (secondary N) is 4. The third kappa shape index (κ3) is 8.84. The number of unbranched alkanes of at least 4 members (excludes halogenated alkanes) is 1. The largest absolute Gasteiger partial charge is 0.507 e. The molecule has 2 rings (SSSR count). The Labute approximate surface area is 205 Å². The molecule has 35 heavy (non-hydrogen) atoms. The molecule has 3 atom stereocenters. The minimum Gasteiger partial charge on any atom is -0.507 e. The Hall–Kier alpha value is -3.18. The lowest BCUT2D eigenvalue weighted by molar-refractivity contribution is -0.132. The van der Waals surface area contributed by atoms with E-state index in [4.69, 9.17) is 5.73 Å². The molecule has 1 heterocycles. The molecule has 0 aliphatic carbocycles. The monoisotopic (exact) mass is 491 g/mol. The third-order valence-corrected chi connectivity index (χ3v) is 5.79. The molecule has 3 amide bonds. The van der Waals surface area contributed by atoms with Crippen molar-refractivity contribution in [2.75, 3.05) is 18.4 Å². The number of aromatic hydroxyl groups is 1. The molecule has 1 aliphatic rings. The highest BCUT2D eigenvalue weighted by Gasteiger charge is 2.30. The van der Waals surface area contributed by atoms with Crippen LogP contribution >= 0.6 is 0 Å². The van der Waals surface area contributed by atoms with Gasteiger partial charge in [0.1, 0.15) is 23.4 Å². The molecule has 11 nitrogen and oxygen atoms in total. The van der Waals surface area contributed by atoms with Crippen LogP contribution in [0, 0.1) is 5.92 Å². The van der Waals surface area contributed by atoms with Gasteiger partial charge in [0.05, 0.1) is 6.04 Å². The number of anilines is 1. The molecule has 1 fully saturated rings. The summed E-state index contributed by atoms with van der Waals surface area (Å²) in [5.74, 6) is -2.88. The van der Waals surface area contributed by atoms with Crippen LogP contribution in [-0.2, 0) is 14.4 Å². The number of carbonyl (C=O) groups excluding carboxylic acids is 3. The van der Waals surface area contributed by atoms with Crippen LogP contribution in [0.2, 0.25) is 0 Å². The first-order valence-electron chi connectivity index (χ1n) is 12.0. The minimum absolute atomic E-state index is 0.124. The molecule has 1 saturated heterocycles. The number of amides is 3. The third-order valence-electron chi connectivity index (χ3n) is 5.79. The Morgan fingerprint density at radius 1 is 1.11 bits per heavy atom. The lowest BCUT2D eigenvalue weighted by atomic mass is 10.0. The first kappa shape index (κ1) is 28.1. The summed E-state index contributed by atoms with van der Waals surface area (Å²) in [5, 5.41) is 30.2. The second kappa shape index (κ2) is 13.6. The van der Waals surface area contributed by atoms with E-state index in [9.17, 15) is 29.4 Å². The molecule has 0 spiro atoms. The van der Waals surface area contributed by atoms with E-state index in [-0.39, 0.29) is 29.1 Å². The van der Waals surface area contributed by atoms with Crippen molar-refractivity contribution in [3.63, 3.8) is 0 Å². The van der Waals surface area contributed by atoms with Crippen LogP contribution in [0.5, 0.6) is 5.75 Å². The first-order valence-corrected chi connectivity index (χ1v) is 12.0. The van der Waals surface area contributed by atoms with Gasteiger partial charge in [-0.2, -0.15) is 0 Å². The summed E-state index contributed by atoms with van der Waals surface area (Å²) >= 11 is 0. The maximum atomic E-state index is 13.2. The Morgan fingerprint density at radius 3 is 2.46 bits per heavy atom. The van der Waals surface area contributed by atoms with Gasteiger partial charge in [-0.15, -0.1) is 0 Å². The van der Waals surface area contributed by atoms with Crippen molar-refractivity contribution in [2.45, 2.75) is 70.5 Å². The molecule has 0 saturated carbocycles. The molecule has 3 unspecified atom stereocenters. The van der Waals surface area contributed by atoms with Gasteiger partial charge >= 0.3 is 5.97 Å². The number of hydrogen-bond acceptors (Lipinski definition) is 7. The van der Waals surface area contributed by atoms with Gasteiger partial charge < -0.3 is 37.2 Å². The van der Waals surface area contributed by atoms with Crippen LogP contribution in [0.4, 0.5) is 5.69 Å². The van der Waals surface area contributed by atoms with Gasteiger partial charge in [0, 0.05) is 5.69 Å². The molecule has 194 valence electrons. The smallest absolute Gasteiger partial charge is 0.339 e. The number of carbonyl (C=O) groups is 4. The number of hydrogen-bond donors (Lipinski definition) is 7. The Morgan fingerprint density at radius 2 is 1.86 bits per heavy atom. The predicted octanol–water partition coefficient (Wildman–Crippen LogP) is 0.926. The van der Waals surface area contributed by atoms with E-state index in [1.54, 1.807) is 0 Å². The second-order valence-electron chi connectivity index (χ2n) is 9.21.